The summed E-state index contributed by atoms with van der Waals surface area (Å²) in [7, 11) is 0. The number of fused-ring (bicyclic) bond motifs is 5. The Balaban J connectivity index is 0.759. The van der Waals surface area contributed by atoms with Gasteiger partial charge in [0.2, 0.25) is 41.4 Å². The molecule has 2 aromatic carbocycles. The summed E-state index contributed by atoms with van der Waals surface area (Å²) in [6, 6.07) is 8.83. The summed E-state index contributed by atoms with van der Waals surface area (Å²) < 4.78 is 27.6. The molecule has 1 unspecified atom stereocenters. The molecule has 7 amide bonds. The third-order valence-electron chi connectivity index (χ3n) is 15.7. The number of carbonyl (C=O) groups is 11. The molecule has 3 aliphatic heterocycles. The summed E-state index contributed by atoms with van der Waals surface area (Å²) in [5.41, 5.74) is 1.84. The second kappa shape index (κ2) is 27.7. The van der Waals surface area contributed by atoms with Crippen molar-refractivity contribution in [1.29, 1.82) is 0 Å². The van der Waals surface area contributed by atoms with Crippen LogP contribution in [0.2, 0.25) is 0 Å². The van der Waals surface area contributed by atoms with Gasteiger partial charge in [0, 0.05) is 80.3 Å². The number of aliphatic hydroxyl groups is 1. The Morgan fingerprint density at radius 3 is 2.35 bits per heavy atom. The van der Waals surface area contributed by atoms with E-state index in [0.29, 0.717) is 71.1 Å². The fourth-order valence-electron chi connectivity index (χ4n) is 11.1. The minimum Gasteiger partial charge on any atom is -0.480 e. The monoisotopic (exact) mass is 1190 g/mol. The number of unbranched alkanes of at least 4 members (excludes halogenated alkanes) is 2. The number of esters is 1. The maximum atomic E-state index is 15.4. The third kappa shape index (κ3) is 14.6. The van der Waals surface area contributed by atoms with Gasteiger partial charge in [-0.15, -0.1) is 11.8 Å². The highest BCUT2D eigenvalue weighted by atomic mass is 32.2. The van der Waals surface area contributed by atoms with Gasteiger partial charge in [-0.25, -0.2) is 19.0 Å². The Morgan fingerprint density at radius 1 is 0.882 bits per heavy atom. The molecule has 452 valence electrons. The molecule has 0 spiro atoms. The van der Waals surface area contributed by atoms with Crippen molar-refractivity contribution in [2.45, 2.75) is 146 Å². The van der Waals surface area contributed by atoms with Crippen LogP contribution in [0.15, 0.2) is 47.3 Å². The second-order valence-electron chi connectivity index (χ2n) is 21.5. The summed E-state index contributed by atoms with van der Waals surface area (Å²) in [5.74, 6) is -7.10. The fraction of sp³-hybridized carbons (Fsp3) is 0.475. The topological polar surface area (TPSA) is 345 Å². The number of ether oxygens (including phenoxy) is 2. The minimum absolute atomic E-state index is 0.0470. The predicted molar refractivity (Wildman–Crippen MR) is 302 cm³/mol. The van der Waals surface area contributed by atoms with E-state index in [4.69, 9.17) is 14.5 Å². The first-order valence-electron chi connectivity index (χ1n) is 28.1. The maximum absolute atomic E-state index is 15.4. The van der Waals surface area contributed by atoms with Crippen molar-refractivity contribution < 1.29 is 76.8 Å². The van der Waals surface area contributed by atoms with E-state index in [-0.39, 0.29) is 94.5 Å². The van der Waals surface area contributed by atoms with E-state index in [2.05, 4.69) is 26.6 Å². The number of benzene rings is 2. The predicted octanol–water partition coefficient (Wildman–Crippen LogP) is 2.27. The van der Waals surface area contributed by atoms with Crippen LogP contribution in [0.4, 0.5) is 4.39 Å². The minimum atomic E-state index is -2.06. The molecular formula is C59H67FN8O16S. The van der Waals surface area contributed by atoms with Crippen molar-refractivity contribution in [1.82, 2.24) is 41.0 Å². The normalized spacial score (nSPS) is 18.1. The first-order chi connectivity index (χ1) is 40.6. The molecule has 1 fully saturated rings. The number of rotatable bonds is 29. The molecule has 1 saturated heterocycles. The molecule has 0 bridgehead atoms. The molecular weight excluding hydrogens is 1130 g/mol. The van der Waals surface area contributed by atoms with E-state index in [1.165, 1.54) is 17.6 Å². The van der Waals surface area contributed by atoms with E-state index < -0.39 is 119 Å². The molecule has 24 nitrogen and oxygen atoms in total. The van der Waals surface area contributed by atoms with E-state index >= 15 is 4.39 Å². The lowest BCUT2D eigenvalue weighted by molar-refractivity contribution is -0.172. The number of cyclic esters (lactones) is 1. The molecule has 26 heteroatoms. The van der Waals surface area contributed by atoms with Crippen LogP contribution < -0.4 is 32.1 Å². The van der Waals surface area contributed by atoms with E-state index in [9.17, 15) is 67.7 Å². The standard InChI is InChI=1S/C59H67FN8O16S/c1-4-59(82)38-22-44-54-36(26-68(44)55(77)37(38)27-84-58(59)81)53-40(16-15-35-31(2)39(60)23-42(66-54)52(35)53)64-50(75)28-83-30-62-48(73)19-17-45(71)41(21-33-11-7-5-8-12-33)65-49(74)18-14-34(70)25-61-47(72)13-9-6-10-20-67-51(76)24-46(56(67)78)85-29-43(57(79)80)63-32(3)69/h5,7-8,11-12,22-23,40-41,43,46,82H,4,6,9-10,13-21,24-30H2,1-3H3,(H,61,72)(H,62,73)(H,63,69)(H,64,75)(H,65,74)(H,79,80)/t40-,41-,43-,46?,59-/m0/s1. The number of hydrogen-bond acceptors (Lipinski definition) is 17. The van der Waals surface area contributed by atoms with Gasteiger partial charge in [0.15, 0.2) is 17.2 Å². The van der Waals surface area contributed by atoms with Crippen LogP contribution in [0, 0.1) is 12.7 Å². The van der Waals surface area contributed by atoms with Crippen LogP contribution in [0.25, 0.3) is 22.3 Å². The number of nitrogens with zero attached hydrogens (tertiary/aromatic N) is 3. The number of carboxylic acids is 1. The number of halogens is 1. The van der Waals surface area contributed by atoms with E-state index in [1.807, 2.05) is 0 Å². The molecule has 0 saturated carbocycles. The number of hydrogen-bond donors (Lipinski definition) is 7. The average molecular weight is 1200 g/mol. The Morgan fingerprint density at radius 2 is 1.62 bits per heavy atom. The summed E-state index contributed by atoms with van der Waals surface area (Å²) >= 11 is 0.986. The van der Waals surface area contributed by atoms with Crippen LogP contribution in [0.5, 0.6) is 0 Å². The van der Waals surface area contributed by atoms with Crippen LogP contribution in [-0.4, -0.2) is 139 Å². The Kier molecular flexibility index (Phi) is 20.4. The molecule has 4 aliphatic rings. The lowest BCUT2D eigenvalue weighted by atomic mass is 9.81. The van der Waals surface area contributed by atoms with Gasteiger partial charge >= 0.3 is 11.9 Å². The third-order valence-corrected chi connectivity index (χ3v) is 17.0. The van der Waals surface area contributed by atoms with Crippen molar-refractivity contribution in [3.05, 3.63) is 97.6 Å². The highest BCUT2D eigenvalue weighted by Gasteiger charge is 2.46. The number of pyridine rings is 2. The van der Waals surface area contributed by atoms with Crippen molar-refractivity contribution in [2.75, 3.05) is 32.2 Å². The zero-order chi connectivity index (χ0) is 61.3. The van der Waals surface area contributed by atoms with E-state index in [0.717, 1.165) is 27.8 Å². The molecule has 1 aliphatic carbocycles. The number of amides is 7. The second-order valence-corrected chi connectivity index (χ2v) is 22.7. The number of thioether (sulfide) groups is 1. The van der Waals surface area contributed by atoms with Crippen LogP contribution in [-0.2, 0) is 93.8 Å². The zero-order valence-electron chi connectivity index (χ0n) is 47.2. The van der Waals surface area contributed by atoms with Crippen molar-refractivity contribution in [3.8, 4) is 11.4 Å². The highest BCUT2D eigenvalue weighted by molar-refractivity contribution is 8.00. The first kappa shape index (κ1) is 62.8. The molecule has 5 heterocycles. The number of ketones is 2. The van der Waals surface area contributed by atoms with Gasteiger partial charge in [0.05, 0.1) is 52.9 Å². The number of imide groups is 1. The van der Waals surface area contributed by atoms with Gasteiger partial charge in [0.25, 0.3) is 5.56 Å². The van der Waals surface area contributed by atoms with Crippen molar-refractivity contribution in [3.63, 3.8) is 0 Å². The van der Waals surface area contributed by atoms with Gasteiger partial charge in [-0.05, 0) is 73.8 Å². The van der Waals surface area contributed by atoms with Gasteiger partial charge < -0.3 is 50.8 Å². The smallest absolute Gasteiger partial charge is 0.343 e. The van der Waals surface area contributed by atoms with Gasteiger partial charge in [0.1, 0.15) is 31.8 Å². The van der Waals surface area contributed by atoms with Gasteiger partial charge in [-0.3, -0.25) is 52.8 Å². The first-order valence-corrected chi connectivity index (χ1v) is 29.2. The molecule has 2 aromatic heterocycles. The van der Waals surface area contributed by atoms with E-state index in [1.54, 1.807) is 50.2 Å². The van der Waals surface area contributed by atoms with Crippen LogP contribution in [0.1, 0.15) is 129 Å². The lowest BCUT2D eigenvalue weighted by Gasteiger charge is -2.31. The Bertz CT molecular complexity index is 3430. The maximum Gasteiger partial charge on any atom is 0.343 e. The number of aromatic nitrogens is 2. The largest absolute Gasteiger partial charge is 0.480 e. The van der Waals surface area contributed by atoms with Gasteiger partial charge in [-0.1, -0.05) is 43.7 Å². The Hall–Kier alpha value is -8.23. The summed E-state index contributed by atoms with van der Waals surface area (Å²) in [6.45, 7) is 3.07. The molecule has 8 rings (SSSR count). The summed E-state index contributed by atoms with van der Waals surface area (Å²) in [6.07, 6.45) is 0.969. The molecule has 0 radical (unpaired) electrons. The summed E-state index contributed by atoms with van der Waals surface area (Å²) in [4.78, 5) is 159. The number of likely N-dealkylation sites (tertiary alicyclic amines) is 1. The SMILES string of the molecule is CC[C@@]1(O)C(=O)OCc2c1cc1n(c2=O)Cc2c-1nc1cc(F)c(C)c3c1c2[C@@H](NC(=O)COCNC(=O)CCC(=O)[C@H](Cc1ccccc1)NC(=O)CCC(=O)CNC(=O)CCCCCN1C(=O)CC(SC[C@H](NC(C)=O)C(=O)O)C1=O)CC3. The fourth-order valence-corrected chi connectivity index (χ4v) is 12.3. The number of carboxylic acid groups (broad SMARTS) is 1. The highest BCUT2D eigenvalue weighted by Crippen LogP contribution is 2.46. The Labute approximate surface area is 491 Å². The zero-order valence-corrected chi connectivity index (χ0v) is 48.0. The number of carbonyl (C=O) groups excluding carboxylic acids is 10. The number of Topliss-reactive ketones (excluding diaryl/α,β-unsaturated/α-hetero) is 2. The van der Waals surface area contributed by atoms with Crippen molar-refractivity contribution >= 4 is 87.5 Å². The molecule has 85 heavy (non-hydrogen) atoms. The number of nitrogens with one attached hydrogen (secondary N) is 5. The lowest BCUT2D eigenvalue weighted by Crippen LogP contribution is -2.44. The van der Waals surface area contributed by atoms with Crippen LogP contribution >= 0.6 is 11.8 Å². The molecule has 4 aromatic rings. The number of aryl methyl sites for hydroxylation is 1. The quantitative estimate of drug-likeness (QED) is 0.0156. The number of aliphatic carboxylic acids is 1. The van der Waals surface area contributed by atoms with Gasteiger partial charge in [-0.2, -0.15) is 0 Å². The molecule has 7 N–H and O–H groups in total. The van der Waals surface area contributed by atoms with Crippen molar-refractivity contribution in [2.24, 2.45) is 0 Å². The molecule has 5 atom stereocenters. The summed E-state index contributed by atoms with van der Waals surface area (Å²) in [5, 5.41) is 33.6. The van der Waals surface area contributed by atoms with Crippen LogP contribution in [0.3, 0.4) is 0 Å². The average Bonchev–Trinajstić information content (AvgIpc) is 1.73.